The maximum absolute atomic E-state index is 6.49. The molecule has 7 aromatic rings. The summed E-state index contributed by atoms with van der Waals surface area (Å²) < 4.78 is 12.9. The fraction of sp³-hybridized carbons (Fsp3) is 0.238. The van der Waals surface area contributed by atoms with Crippen LogP contribution in [0.4, 0.5) is 0 Å². The Morgan fingerprint density at radius 2 is 1.50 bits per heavy atom. The van der Waals surface area contributed by atoms with E-state index in [9.17, 15) is 0 Å². The Morgan fingerprint density at radius 1 is 0.750 bits per heavy atom. The first-order chi connectivity index (χ1) is 22.4. The van der Waals surface area contributed by atoms with Crippen molar-refractivity contribution in [1.29, 1.82) is 0 Å². The van der Waals surface area contributed by atoms with E-state index in [1.807, 2.05) is 30.5 Å². The molecule has 6 heteroatoms. The summed E-state index contributed by atoms with van der Waals surface area (Å²) in [5, 5.41) is 2.25. The minimum Gasteiger partial charge on any atom is -0.510 e. The van der Waals surface area contributed by atoms with E-state index in [-0.39, 0.29) is 31.9 Å². The molecule has 4 aromatic carbocycles. The number of benzene rings is 4. The molecule has 0 saturated heterocycles. The Bertz CT molecular complexity index is 2280. The van der Waals surface area contributed by atoms with E-state index in [0.717, 1.165) is 44.7 Å². The zero-order valence-corrected chi connectivity index (χ0v) is 31.0. The summed E-state index contributed by atoms with van der Waals surface area (Å²) in [5.74, 6) is 2.08. The topological polar surface area (TPSA) is 35.9 Å². The quantitative estimate of drug-likeness (QED) is 0.128. The smallest absolute Gasteiger partial charge is 0.267 e. The second-order valence-corrected chi connectivity index (χ2v) is 14.4. The number of para-hydroxylation sites is 1. The number of fused-ring (bicyclic) bond motifs is 3. The van der Waals surface area contributed by atoms with Crippen molar-refractivity contribution in [3.8, 4) is 28.7 Å². The van der Waals surface area contributed by atoms with Crippen LogP contribution in [0.3, 0.4) is 0 Å². The van der Waals surface area contributed by atoms with Gasteiger partial charge in [0.1, 0.15) is 5.82 Å². The molecule has 0 atom stereocenters. The zero-order valence-electron chi connectivity index (χ0n) is 28.8. The van der Waals surface area contributed by atoms with Crippen LogP contribution < -0.4 is 9.30 Å². The summed E-state index contributed by atoms with van der Waals surface area (Å²) in [6.07, 6.45) is 7.66. The first-order valence-electron chi connectivity index (χ1n) is 16.2. The molecular weight excluding hydrogens is 772 g/mol. The minimum atomic E-state index is -0.130. The summed E-state index contributed by atoms with van der Waals surface area (Å²) >= 11 is 0. The average Bonchev–Trinajstić information content (AvgIpc) is 3.63. The summed E-state index contributed by atoms with van der Waals surface area (Å²) in [5.41, 5.74) is 8.66. The van der Waals surface area contributed by atoms with Crippen LogP contribution in [0.2, 0.25) is 0 Å². The Morgan fingerprint density at radius 3 is 2.27 bits per heavy atom. The van der Waals surface area contributed by atoms with Crippen molar-refractivity contribution in [2.75, 3.05) is 0 Å². The Kier molecular flexibility index (Phi) is 8.72. The van der Waals surface area contributed by atoms with Crippen molar-refractivity contribution in [3.63, 3.8) is 0 Å². The van der Waals surface area contributed by atoms with Gasteiger partial charge in [-0.05, 0) is 71.1 Å². The fourth-order valence-corrected chi connectivity index (χ4v) is 6.13. The second-order valence-electron chi connectivity index (χ2n) is 14.4. The van der Waals surface area contributed by atoms with Crippen LogP contribution in [0.15, 0.2) is 97.3 Å². The molecule has 0 fully saturated rings. The number of pyridine rings is 1. The number of imidazole rings is 1. The average molecular weight is 812 g/mol. The van der Waals surface area contributed by atoms with Crippen LogP contribution in [0.1, 0.15) is 63.9 Å². The van der Waals surface area contributed by atoms with E-state index >= 15 is 0 Å². The molecule has 0 amide bonds. The van der Waals surface area contributed by atoms with Gasteiger partial charge in [-0.2, -0.15) is 18.2 Å². The third-order valence-electron chi connectivity index (χ3n) is 8.92. The van der Waals surface area contributed by atoms with Gasteiger partial charge in [-0.25, -0.2) is 4.98 Å². The van der Waals surface area contributed by atoms with Gasteiger partial charge >= 0.3 is 0 Å². The summed E-state index contributed by atoms with van der Waals surface area (Å²) in [4.78, 5) is 4.80. The van der Waals surface area contributed by atoms with Gasteiger partial charge in [0.2, 0.25) is 0 Å². The molecule has 0 aliphatic carbocycles. The molecule has 0 N–H and O–H groups in total. The van der Waals surface area contributed by atoms with Crippen LogP contribution in [-0.4, -0.2) is 14.1 Å². The number of ether oxygens (including phenoxy) is 1. The number of hydrogen-bond donors (Lipinski definition) is 0. The largest absolute Gasteiger partial charge is 0.510 e. The number of nitrogens with zero attached hydrogens (tertiary/aromatic N) is 4. The summed E-state index contributed by atoms with van der Waals surface area (Å²) in [6.45, 7) is 17.6. The Hall–Kier alpha value is -4.47. The van der Waals surface area contributed by atoms with Crippen molar-refractivity contribution in [3.05, 3.63) is 138 Å². The molecule has 0 unspecified atom stereocenters. The fourth-order valence-electron chi connectivity index (χ4n) is 6.13. The maximum Gasteiger partial charge on any atom is 0.267 e. The van der Waals surface area contributed by atoms with Crippen LogP contribution in [0, 0.1) is 32.3 Å². The van der Waals surface area contributed by atoms with Crippen molar-refractivity contribution in [1.82, 2.24) is 14.1 Å². The van der Waals surface area contributed by atoms with E-state index in [4.69, 9.17) is 9.72 Å². The van der Waals surface area contributed by atoms with Gasteiger partial charge in [0, 0.05) is 50.5 Å². The molecule has 0 bridgehead atoms. The molecule has 0 saturated carbocycles. The second kappa shape index (κ2) is 12.5. The van der Waals surface area contributed by atoms with E-state index in [1.165, 1.54) is 16.7 Å². The molecule has 3 heterocycles. The van der Waals surface area contributed by atoms with E-state index in [1.54, 1.807) is 0 Å². The molecule has 7 rings (SSSR count). The SMILES string of the molecule is Cc1cccc(-[n+]2[c-]n(-c3[c-]c(Oc4[c-]c5c(cc4)c4ccccc4n5-c4cc(C(C)(C)C)ccn4)ccc3)c(C(C)(C)C)c2)c1C.[Pt]. The molecule has 0 spiro atoms. The molecule has 246 valence electrons. The Balaban J connectivity index is 0.00000401. The van der Waals surface area contributed by atoms with Crippen molar-refractivity contribution >= 4 is 21.8 Å². The minimum absolute atomic E-state index is 0. The zero-order chi connectivity index (χ0) is 33.1. The molecular formula is C42H40N4OPt-2. The van der Waals surface area contributed by atoms with Gasteiger partial charge in [0.25, 0.3) is 6.33 Å². The molecule has 0 aliphatic heterocycles. The first kappa shape index (κ1) is 33.4. The van der Waals surface area contributed by atoms with Gasteiger partial charge in [-0.1, -0.05) is 83.0 Å². The van der Waals surface area contributed by atoms with Gasteiger partial charge in [0.05, 0.1) is 11.4 Å². The monoisotopic (exact) mass is 811 g/mol. The van der Waals surface area contributed by atoms with Crippen molar-refractivity contribution in [2.45, 2.75) is 66.2 Å². The number of aryl methyl sites for hydroxylation is 1. The number of hydrogen-bond acceptors (Lipinski definition) is 2. The normalized spacial score (nSPS) is 12.0. The third-order valence-corrected chi connectivity index (χ3v) is 8.92. The van der Waals surface area contributed by atoms with E-state index in [2.05, 4.69) is 154 Å². The molecule has 0 aliphatic rings. The summed E-state index contributed by atoms with van der Waals surface area (Å²) in [6, 6.07) is 36.2. The number of aromatic nitrogens is 4. The molecule has 5 nitrogen and oxygen atoms in total. The predicted molar refractivity (Wildman–Crippen MR) is 189 cm³/mol. The van der Waals surface area contributed by atoms with Crippen molar-refractivity contribution < 1.29 is 30.4 Å². The van der Waals surface area contributed by atoms with Gasteiger partial charge in [-0.15, -0.1) is 29.7 Å². The first-order valence-corrected chi connectivity index (χ1v) is 16.2. The van der Waals surface area contributed by atoms with E-state index in [0.29, 0.717) is 11.5 Å². The third kappa shape index (κ3) is 6.13. The maximum atomic E-state index is 6.49. The van der Waals surface area contributed by atoms with Gasteiger partial charge < -0.3 is 13.9 Å². The van der Waals surface area contributed by atoms with Crippen molar-refractivity contribution in [2.24, 2.45) is 0 Å². The molecule has 48 heavy (non-hydrogen) atoms. The van der Waals surface area contributed by atoms with Crippen LogP contribution in [-0.2, 0) is 31.9 Å². The van der Waals surface area contributed by atoms with E-state index < -0.39 is 0 Å². The standard InChI is InChI=1S/C42H40N4O.Pt/c1-28-13-11-18-36(29(28)2)44-26-39(42(6,7)8)45(27-44)31-14-12-15-32(24-31)47-33-19-20-35-34-16-9-10-17-37(34)46(38(35)25-33)40-23-30(21-22-43-40)41(3,4)5;/h9-23,26H,1-8H3;/q-2;. The van der Waals surface area contributed by atoms with Crippen LogP contribution in [0.5, 0.6) is 11.5 Å². The molecule has 0 radical (unpaired) electrons. The van der Waals surface area contributed by atoms with Crippen LogP contribution >= 0.6 is 0 Å². The van der Waals surface area contributed by atoms with Gasteiger partial charge in [0.15, 0.2) is 0 Å². The number of rotatable bonds is 5. The summed E-state index contributed by atoms with van der Waals surface area (Å²) in [7, 11) is 0. The predicted octanol–water partition coefficient (Wildman–Crippen LogP) is 9.65. The van der Waals surface area contributed by atoms with Crippen LogP contribution in [0.25, 0.3) is 39.0 Å². The van der Waals surface area contributed by atoms with Gasteiger partial charge in [-0.3, -0.25) is 4.57 Å². The Labute approximate surface area is 298 Å². The molecule has 3 aromatic heterocycles.